The number of hydrogen-bond acceptors (Lipinski definition) is 1. The Morgan fingerprint density at radius 3 is 2.69 bits per heavy atom. The van der Waals surface area contributed by atoms with E-state index in [-0.39, 0.29) is 5.41 Å². The van der Waals surface area contributed by atoms with E-state index >= 15 is 0 Å². The molecule has 1 aromatic carbocycles. The zero-order chi connectivity index (χ0) is 11.6. The number of carbonyl (C=O) groups is 1. The Bertz CT molecular complexity index is 399. The van der Waals surface area contributed by atoms with Crippen LogP contribution in [0.25, 0.3) is 0 Å². The summed E-state index contributed by atoms with van der Waals surface area (Å²) >= 11 is 6.24. The Balaban J connectivity index is 2.48. The number of halogens is 1. The van der Waals surface area contributed by atoms with Crippen molar-refractivity contribution in [1.29, 1.82) is 0 Å². The fraction of sp³-hybridized carbons (Fsp3) is 0.500. The van der Waals surface area contributed by atoms with Gasteiger partial charge in [-0.1, -0.05) is 43.1 Å². The zero-order valence-corrected chi connectivity index (χ0v) is 10.4. The van der Waals surface area contributed by atoms with Crippen LogP contribution < -0.4 is 0 Å². The maximum absolute atomic E-state index is 12.2. The van der Waals surface area contributed by atoms with E-state index in [1.165, 1.54) is 0 Å². The van der Waals surface area contributed by atoms with Crippen molar-refractivity contribution < 1.29 is 4.79 Å². The normalized spacial score (nSPS) is 25.8. The van der Waals surface area contributed by atoms with E-state index in [4.69, 9.17) is 11.6 Å². The highest BCUT2D eigenvalue weighted by molar-refractivity contribution is 6.31. The number of hydrogen-bond donors (Lipinski definition) is 0. The Kier molecular flexibility index (Phi) is 3.34. The molecule has 0 aromatic heterocycles. The second-order valence-electron chi connectivity index (χ2n) is 4.55. The molecule has 86 valence electrons. The number of carbonyl (C=O) groups excluding carboxylic acids is 1. The van der Waals surface area contributed by atoms with E-state index < -0.39 is 0 Å². The fourth-order valence-electron chi connectivity index (χ4n) is 2.79. The molecule has 1 aliphatic carbocycles. The van der Waals surface area contributed by atoms with Crippen molar-refractivity contribution in [3.63, 3.8) is 0 Å². The molecule has 1 saturated carbocycles. The van der Waals surface area contributed by atoms with Gasteiger partial charge in [0.1, 0.15) is 5.78 Å². The highest BCUT2D eigenvalue weighted by Gasteiger charge is 2.40. The van der Waals surface area contributed by atoms with Crippen molar-refractivity contribution in [3.8, 4) is 0 Å². The molecule has 0 N–H and O–H groups in total. The quantitative estimate of drug-likeness (QED) is 0.755. The first kappa shape index (κ1) is 11.7. The molecule has 1 fully saturated rings. The smallest absolute Gasteiger partial charge is 0.143 e. The molecule has 0 heterocycles. The van der Waals surface area contributed by atoms with Crippen LogP contribution in [0.4, 0.5) is 0 Å². The molecule has 2 rings (SSSR count). The highest BCUT2D eigenvalue weighted by Crippen LogP contribution is 2.42. The van der Waals surface area contributed by atoms with E-state index in [0.29, 0.717) is 12.2 Å². The van der Waals surface area contributed by atoms with E-state index in [0.717, 1.165) is 36.3 Å². The van der Waals surface area contributed by atoms with Gasteiger partial charge in [0.05, 0.1) is 5.41 Å². The average molecular weight is 237 g/mol. The molecule has 0 saturated heterocycles. The van der Waals surface area contributed by atoms with Crippen LogP contribution >= 0.6 is 11.6 Å². The summed E-state index contributed by atoms with van der Waals surface area (Å²) in [6.07, 6.45) is 4.68. The predicted octanol–water partition coefficient (Wildman–Crippen LogP) is 4.13. The molecular formula is C14H17ClO. The molecule has 2 heteroatoms. The second-order valence-corrected chi connectivity index (χ2v) is 4.95. The van der Waals surface area contributed by atoms with Gasteiger partial charge in [-0.3, -0.25) is 4.79 Å². The standard InChI is InChI=1S/C14H17ClO/c1-2-14(10-6-5-9-13(14)16)11-7-3-4-8-12(11)15/h3-4,7-8H,2,5-6,9-10H2,1H3. The third kappa shape index (κ3) is 1.78. The lowest BCUT2D eigenvalue weighted by Gasteiger charge is -2.36. The maximum Gasteiger partial charge on any atom is 0.143 e. The van der Waals surface area contributed by atoms with Crippen molar-refractivity contribution in [2.24, 2.45) is 0 Å². The summed E-state index contributed by atoms with van der Waals surface area (Å²) in [7, 11) is 0. The van der Waals surface area contributed by atoms with Gasteiger partial charge in [0.25, 0.3) is 0 Å². The van der Waals surface area contributed by atoms with E-state index in [9.17, 15) is 4.79 Å². The molecule has 1 aromatic rings. The summed E-state index contributed by atoms with van der Waals surface area (Å²) in [6, 6.07) is 7.79. The highest BCUT2D eigenvalue weighted by atomic mass is 35.5. The summed E-state index contributed by atoms with van der Waals surface area (Å²) in [5.41, 5.74) is 0.722. The van der Waals surface area contributed by atoms with Gasteiger partial charge in [-0.05, 0) is 30.9 Å². The summed E-state index contributed by atoms with van der Waals surface area (Å²) in [4.78, 5) is 12.2. The lowest BCUT2D eigenvalue weighted by molar-refractivity contribution is -0.126. The Labute approximate surface area is 102 Å². The lowest BCUT2D eigenvalue weighted by Crippen LogP contribution is -2.38. The maximum atomic E-state index is 12.2. The van der Waals surface area contributed by atoms with Gasteiger partial charge >= 0.3 is 0 Å². The first-order valence-corrected chi connectivity index (χ1v) is 6.37. The SMILES string of the molecule is CCC1(c2ccccc2Cl)CCCCC1=O. The molecule has 1 atom stereocenters. The molecule has 0 amide bonds. The van der Waals surface area contributed by atoms with Gasteiger partial charge in [-0.25, -0.2) is 0 Å². The molecule has 0 aliphatic heterocycles. The number of rotatable bonds is 2. The minimum Gasteiger partial charge on any atom is -0.299 e. The second kappa shape index (κ2) is 4.58. The van der Waals surface area contributed by atoms with Crippen LogP contribution in [0, 0.1) is 0 Å². The van der Waals surface area contributed by atoms with Gasteiger partial charge < -0.3 is 0 Å². The number of benzene rings is 1. The van der Waals surface area contributed by atoms with Crippen LogP contribution in [0.15, 0.2) is 24.3 Å². The van der Waals surface area contributed by atoms with Gasteiger partial charge in [0, 0.05) is 11.4 Å². The molecule has 1 unspecified atom stereocenters. The molecule has 1 nitrogen and oxygen atoms in total. The fourth-order valence-corrected chi connectivity index (χ4v) is 3.11. The minimum absolute atomic E-state index is 0.309. The molecule has 0 bridgehead atoms. The Hall–Kier alpha value is -0.820. The van der Waals surface area contributed by atoms with Crippen molar-refractivity contribution >= 4 is 17.4 Å². The zero-order valence-electron chi connectivity index (χ0n) is 9.63. The topological polar surface area (TPSA) is 17.1 Å². The molecule has 16 heavy (non-hydrogen) atoms. The van der Waals surface area contributed by atoms with Gasteiger partial charge in [0.2, 0.25) is 0 Å². The van der Waals surface area contributed by atoms with Gasteiger partial charge in [0.15, 0.2) is 0 Å². The van der Waals surface area contributed by atoms with Gasteiger partial charge in [-0.2, -0.15) is 0 Å². The molecular weight excluding hydrogens is 220 g/mol. The van der Waals surface area contributed by atoms with E-state index in [1.807, 2.05) is 24.3 Å². The van der Waals surface area contributed by atoms with Crippen LogP contribution in [0.3, 0.4) is 0 Å². The van der Waals surface area contributed by atoms with E-state index in [2.05, 4.69) is 6.92 Å². The number of ketones is 1. The van der Waals surface area contributed by atoms with Crippen LogP contribution in [-0.4, -0.2) is 5.78 Å². The summed E-state index contributed by atoms with van der Waals surface area (Å²) in [5.74, 6) is 0.370. The lowest BCUT2D eigenvalue weighted by atomic mass is 9.67. The van der Waals surface area contributed by atoms with Crippen LogP contribution in [0.2, 0.25) is 5.02 Å². The van der Waals surface area contributed by atoms with Crippen LogP contribution in [0.5, 0.6) is 0 Å². The molecule has 0 radical (unpaired) electrons. The van der Waals surface area contributed by atoms with Gasteiger partial charge in [-0.15, -0.1) is 0 Å². The molecule has 0 spiro atoms. The average Bonchev–Trinajstić information content (AvgIpc) is 2.31. The molecule has 1 aliphatic rings. The summed E-state index contributed by atoms with van der Waals surface area (Å²) in [6.45, 7) is 2.09. The van der Waals surface area contributed by atoms with Crippen molar-refractivity contribution in [2.75, 3.05) is 0 Å². The monoisotopic (exact) mass is 236 g/mol. The third-order valence-corrected chi connectivity index (χ3v) is 4.11. The summed E-state index contributed by atoms with van der Waals surface area (Å²) in [5, 5.41) is 0.736. The third-order valence-electron chi connectivity index (χ3n) is 3.78. The summed E-state index contributed by atoms with van der Waals surface area (Å²) < 4.78 is 0. The minimum atomic E-state index is -0.309. The van der Waals surface area contributed by atoms with Crippen molar-refractivity contribution in [3.05, 3.63) is 34.9 Å². The Morgan fingerprint density at radius 1 is 1.31 bits per heavy atom. The Morgan fingerprint density at radius 2 is 2.06 bits per heavy atom. The van der Waals surface area contributed by atoms with Crippen LogP contribution in [0.1, 0.15) is 44.6 Å². The first-order valence-electron chi connectivity index (χ1n) is 5.99. The first-order chi connectivity index (χ1) is 7.70. The van der Waals surface area contributed by atoms with Crippen molar-refractivity contribution in [1.82, 2.24) is 0 Å². The predicted molar refractivity (Wildman–Crippen MR) is 66.9 cm³/mol. The number of Topliss-reactive ketones (excluding diaryl/α,β-unsaturated/α-hetero) is 1. The van der Waals surface area contributed by atoms with E-state index in [1.54, 1.807) is 0 Å². The van der Waals surface area contributed by atoms with Crippen molar-refractivity contribution in [2.45, 2.75) is 44.4 Å². The largest absolute Gasteiger partial charge is 0.299 e. The van der Waals surface area contributed by atoms with Crippen LogP contribution in [-0.2, 0) is 10.2 Å².